The van der Waals surface area contributed by atoms with E-state index in [1.807, 2.05) is 83.6 Å². The number of hydrogen-bond acceptors (Lipinski definition) is 10. The van der Waals surface area contributed by atoms with E-state index in [1.54, 1.807) is 40.3 Å². The molecule has 3 N–H and O–H groups in total. The van der Waals surface area contributed by atoms with E-state index in [9.17, 15) is 9.90 Å². The van der Waals surface area contributed by atoms with Gasteiger partial charge in [0, 0.05) is 48.2 Å². The van der Waals surface area contributed by atoms with Gasteiger partial charge in [-0.3, -0.25) is 14.6 Å². The Bertz CT molecular complexity index is 2260. The Morgan fingerprint density at radius 1 is 1.02 bits per heavy atom. The Morgan fingerprint density at radius 3 is 2.63 bits per heavy atom. The van der Waals surface area contributed by atoms with Gasteiger partial charge in [0.25, 0.3) is 0 Å². The standard InChI is InChI=1S/C39H41ClN8O4S2/c1-39(2,53-3)34-23-36(48(45-34)27-12-14-31(49)30(40)22-27)42-38(50)41-24-26-8-4-7-11-33(26)54-28-13-15-35-43-44-37(47(35)25-28)29-9-5-6-10-32(29)52-21-18-46-16-19-51-20-17-46/h4-15,22-23,25,49H,16-21,24H2,1-3H3,(H2,41,42,50). The van der Waals surface area contributed by atoms with Crippen LogP contribution < -0.4 is 15.4 Å². The van der Waals surface area contributed by atoms with Crippen molar-refractivity contribution in [1.82, 2.24) is 34.6 Å². The molecular weight excluding hydrogens is 744 g/mol. The van der Waals surface area contributed by atoms with Crippen molar-refractivity contribution in [2.75, 3.05) is 51.0 Å². The molecule has 0 radical (unpaired) electrons. The second-order valence-electron chi connectivity index (χ2n) is 13.1. The molecule has 3 aromatic heterocycles. The molecule has 3 aromatic carbocycles. The molecule has 2 amide bonds. The number of urea groups is 1. The number of carbonyl (C=O) groups is 1. The van der Waals surface area contributed by atoms with E-state index >= 15 is 0 Å². The Morgan fingerprint density at radius 2 is 1.81 bits per heavy atom. The van der Waals surface area contributed by atoms with E-state index in [1.165, 1.54) is 6.07 Å². The number of carbonyl (C=O) groups excluding carboxylic acids is 1. The number of rotatable bonds is 13. The third kappa shape index (κ3) is 8.63. The number of aromatic nitrogens is 5. The number of anilines is 1. The van der Waals surface area contributed by atoms with Crippen molar-refractivity contribution < 1.29 is 19.4 Å². The van der Waals surface area contributed by atoms with Crippen LogP contribution in [0.3, 0.4) is 0 Å². The second kappa shape index (κ2) is 16.7. The molecule has 0 spiro atoms. The van der Waals surface area contributed by atoms with Crippen LogP contribution in [0.15, 0.2) is 101 Å². The number of morpholine rings is 1. The summed E-state index contributed by atoms with van der Waals surface area (Å²) in [5.74, 6) is 1.88. The highest BCUT2D eigenvalue weighted by molar-refractivity contribution is 7.99. The Labute approximate surface area is 327 Å². The molecule has 1 fully saturated rings. The number of nitrogens with one attached hydrogen (secondary N) is 2. The van der Waals surface area contributed by atoms with Crippen LogP contribution in [0, 0.1) is 0 Å². The molecule has 1 saturated heterocycles. The van der Waals surface area contributed by atoms with Gasteiger partial charge in [0.15, 0.2) is 11.5 Å². The zero-order valence-electron chi connectivity index (χ0n) is 30.2. The third-order valence-corrected chi connectivity index (χ3v) is 11.8. The van der Waals surface area contributed by atoms with Gasteiger partial charge in [-0.25, -0.2) is 9.48 Å². The fraction of sp³-hybridized carbons (Fsp3) is 0.282. The summed E-state index contributed by atoms with van der Waals surface area (Å²) in [6, 6.07) is 26.1. The first-order valence-electron chi connectivity index (χ1n) is 17.5. The maximum atomic E-state index is 13.4. The van der Waals surface area contributed by atoms with Gasteiger partial charge in [0.05, 0.1) is 39.9 Å². The van der Waals surface area contributed by atoms with Crippen LogP contribution in [0.25, 0.3) is 22.7 Å². The number of ether oxygens (including phenoxy) is 2. The van der Waals surface area contributed by atoms with Crippen LogP contribution in [0.1, 0.15) is 25.1 Å². The van der Waals surface area contributed by atoms with Gasteiger partial charge in [-0.05, 0) is 74.2 Å². The van der Waals surface area contributed by atoms with Gasteiger partial charge < -0.3 is 19.9 Å². The van der Waals surface area contributed by atoms with E-state index in [4.69, 9.17) is 26.2 Å². The lowest BCUT2D eigenvalue weighted by atomic mass is 10.1. The van der Waals surface area contributed by atoms with Gasteiger partial charge in [-0.2, -0.15) is 16.9 Å². The zero-order valence-corrected chi connectivity index (χ0v) is 32.5. The van der Waals surface area contributed by atoms with E-state index in [2.05, 4.69) is 39.6 Å². The first-order valence-corrected chi connectivity index (χ1v) is 19.9. The summed E-state index contributed by atoms with van der Waals surface area (Å²) in [4.78, 5) is 17.7. The van der Waals surface area contributed by atoms with E-state index in [-0.39, 0.29) is 22.1 Å². The second-order valence-corrected chi connectivity index (χ2v) is 16.1. The van der Waals surface area contributed by atoms with Crippen molar-refractivity contribution in [2.24, 2.45) is 0 Å². The highest BCUT2D eigenvalue weighted by Gasteiger charge is 2.26. The van der Waals surface area contributed by atoms with Crippen LogP contribution in [0.5, 0.6) is 11.5 Å². The quantitative estimate of drug-likeness (QED) is 0.107. The maximum Gasteiger partial charge on any atom is 0.320 e. The zero-order chi connectivity index (χ0) is 37.7. The maximum absolute atomic E-state index is 13.4. The molecule has 1 aliphatic heterocycles. The summed E-state index contributed by atoms with van der Waals surface area (Å²) in [5.41, 5.74) is 3.92. The molecule has 1 aliphatic rings. The number of thioether (sulfide) groups is 1. The van der Waals surface area contributed by atoms with Crippen molar-refractivity contribution in [3.8, 4) is 28.6 Å². The van der Waals surface area contributed by atoms with Crippen molar-refractivity contribution in [3.05, 3.63) is 107 Å². The van der Waals surface area contributed by atoms with Gasteiger partial charge in [0.1, 0.15) is 23.9 Å². The number of phenolic OH excluding ortho intramolecular Hbond substituents is 1. The highest BCUT2D eigenvalue weighted by atomic mass is 35.5. The minimum atomic E-state index is -0.393. The fourth-order valence-corrected chi connectivity index (χ4v) is 7.36. The largest absolute Gasteiger partial charge is 0.506 e. The minimum absolute atomic E-state index is 0.0336. The number of benzene rings is 3. The summed E-state index contributed by atoms with van der Waals surface area (Å²) < 4.78 is 15.0. The minimum Gasteiger partial charge on any atom is -0.506 e. The first-order chi connectivity index (χ1) is 26.2. The number of para-hydroxylation sites is 1. The molecule has 15 heteroatoms. The molecule has 0 unspecified atom stereocenters. The number of nitrogens with zero attached hydrogens (tertiary/aromatic N) is 6. The molecule has 0 bridgehead atoms. The van der Waals surface area contributed by atoms with Crippen LogP contribution in [-0.4, -0.2) is 86.1 Å². The molecule has 6 aromatic rings. The van der Waals surface area contributed by atoms with Gasteiger partial charge >= 0.3 is 6.03 Å². The van der Waals surface area contributed by atoms with Gasteiger partial charge in [0.2, 0.25) is 0 Å². The summed E-state index contributed by atoms with van der Waals surface area (Å²) in [5, 5.41) is 29.9. The van der Waals surface area contributed by atoms with E-state index in [0.29, 0.717) is 23.9 Å². The van der Waals surface area contributed by atoms with Crippen molar-refractivity contribution in [2.45, 2.75) is 34.9 Å². The molecule has 54 heavy (non-hydrogen) atoms. The summed E-state index contributed by atoms with van der Waals surface area (Å²) in [7, 11) is 0. The molecule has 0 saturated carbocycles. The average Bonchev–Trinajstić information content (AvgIpc) is 3.81. The molecule has 0 atom stereocenters. The highest BCUT2D eigenvalue weighted by Crippen LogP contribution is 2.36. The Hall–Kier alpha value is -4.73. The van der Waals surface area contributed by atoms with Crippen molar-refractivity contribution in [1.29, 1.82) is 0 Å². The monoisotopic (exact) mass is 784 g/mol. The Kier molecular flexibility index (Phi) is 11.6. The number of phenols is 1. The van der Waals surface area contributed by atoms with Crippen LogP contribution in [-0.2, 0) is 16.0 Å². The summed E-state index contributed by atoms with van der Waals surface area (Å²) >= 11 is 9.47. The molecule has 280 valence electrons. The number of aromatic hydroxyl groups is 1. The number of pyridine rings is 1. The molecule has 12 nitrogen and oxygen atoms in total. The average molecular weight is 785 g/mol. The normalized spacial score (nSPS) is 13.6. The number of hydrogen-bond donors (Lipinski definition) is 3. The lowest BCUT2D eigenvalue weighted by Gasteiger charge is -2.26. The predicted octanol–water partition coefficient (Wildman–Crippen LogP) is 7.72. The fourth-order valence-electron chi connectivity index (χ4n) is 5.91. The Balaban J connectivity index is 1.05. The van der Waals surface area contributed by atoms with Gasteiger partial charge in [-0.1, -0.05) is 53.7 Å². The molecule has 4 heterocycles. The van der Waals surface area contributed by atoms with Crippen LogP contribution in [0.4, 0.5) is 10.6 Å². The summed E-state index contributed by atoms with van der Waals surface area (Å²) in [6.45, 7) is 9.13. The topological polar surface area (TPSA) is 131 Å². The van der Waals surface area contributed by atoms with Crippen molar-refractivity contribution >= 4 is 52.6 Å². The smallest absolute Gasteiger partial charge is 0.320 e. The van der Waals surface area contributed by atoms with Crippen LogP contribution in [0.2, 0.25) is 5.02 Å². The van der Waals surface area contributed by atoms with Crippen LogP contribution >= 0.6 is 35.1 Å². The molecule has 7 rings (SSSR count). The van der Waals surface area contributed by atoms with Crippen molar-refractivity contribution in [3.63, 3.8) is 0 Å². The number of amides is 2. The van der Waals surface area contributed by atoms with Gasteiger partial charge in [-0.15, -0.1) is 10.2 Å². The van der Waals surface area contributed by atoms with E-state index < -0.39 is 6.03 Å². The lowest BCUT2D eigenvalue weighted by Crippen LogP contribution is -2.38. The third-order valence-electron chi connectivity index (χ3n) is 9.17. The number of halogens is 1. The SMILES string of the molecule is CSC(C)(C)c1cc(NC(=O)NCc2ccccc2Sc2ccc3nnc(-c4ccccc4OCCN4CCOCC4)n3c2)n(-c2ccc(O)c(Cl)c2)n1. The lowest BCUT2D eigenvalue weighted by molar-refractivity contribution is 0.0323. The predicted molar refractivity (Wildman–Crippen MR) is 214 cm³/mol. The summed E-state index contributed by atoms with van der Waals surface area (Å²) in [6.07, 6.45) is 4.04. The van der Waals surface area contributed by atoms with E-state index in [0.717, 1.165) is 70.9 Å². The molecular formula is C39H41ClN8O4S2. The number of fused-ring (bicyclic) bond motifs is 1. The first kappa shape index (κ1) is 37.6. The molecule has 0 aliphatic carbocycles.